The minimum absolute atomic E-state index is 0.00118. The second-order valence-electron chi connectivity index (χ2n) is 7.10. The van der Waals surface area contributed by atoms with Gasteiger partial charge < -0.3 is 4.90 Å². The number of rotatable bonds is 8. The molecule has 8 heteroatoms. The number of nitrogens with zero attached hydrogens (tertiary/aromatic N) is 2. The molecule has 0 spiro atoms. The maximum atomic E-state index is 13.7. The number of anilines is 1. The van der Waals surface area contributed by atoms with Gasteiger partial charge in [-0.2, -0.15) is 0 Å². The Kier molecular flexibility index (Phi) is 7.53. The number of hydrogen-bond donors (Lipinski definition) is 0. The van der Waals surface area contributed by atoms with Gasteiger partial charge in [0.2, 0.25) is 0 Å². The molecule has 0 bridgehead atoms. The summed E-state index contributed by atoms with van der Waals surface area (Å²) in [7, 11) is -4.18. The third kappa shape index (κ3) is 5.11. The van der Waals surface area contributed by atoms with Crippen molar-refractivity contribution in [3.05, 3.63) is 94.8 Å². The number of amides is 1. The Bertz CT molecular complexity index is 1180. The Hall–Kier alpha value is -2.90. The molecule has 3 rings (SSSR count). The Morgan fingerprint density at radius 2 is 1.56 bits per heavy atom. The summed E-state index contributed by atoms with van der Waals surface area (Å²) in [6, 6.07) is 18.5. The number of hydrogen-bond acceptors (Lipinski definition) is 3. The topological polar surface area (TPSA) is 57.7 Å². The number of halogens is 2. The summed E-state index contributed by atoms with van der Waals surface area (Å²) in [5, 5.41) is 0.00118. The molecule has 0 aliphatic heterocycles. The molecule has 168 valence electrons. The largest absolute Gasteiger partial charge is 0.339 e. The van der Waals surface area contributed by atoms with Crippen LogP contribution in [0, 0.1) is 5.82 Å². The summed E-state index contributed by atoms with van der Waals surface area (Å²) in [5.74, 6) is -0.754. The minimum Gasteiger partial charge on any atom is -0.339 e. The smallest absolute Gasteiger partial charge is 0.266 e. The molecule has 3 aromatic carbocycles. The first kappa shape index (κ1) is 23.8. The number of sulfonamides is 1. The molecule has 0 radical (unpaired) electrons. The van der Waals surface area contributed by atoms with E-state index in [2.05, 4.69) is 0 Å². The zero-order chi connectivity index (χ0) is 23.3. The van der Waals surface area contributed by atoms with Gasteiger partial charge in [-0.3, -0.25) is 9.10 Å². The minimum atomic E-state index is -4.18. The summed E-state index contributed by atoms with van der Waals surface area (Å²) < 4.78 is 42.2. The Labute approximate surface area is 193 Å². The molecule has 0 atom stereocenters. The number of carbonyl (C=O) groups is 1. The van der Waals surface area contributed by atoms with Crippen molar-refractivity contribution < 1.29 is 17.6 Å². The lowest BCUT2D eigenvalue weighted by Gasteiger charge is -2.26. The SMILES string of the molecule is CCN(CC)C(=O)c1ccc(Cl)c(S(=O)(=O)N(Cc2ccccc2)c2ccc(F)cc2)c1. The normalized spacial score (nSPS) is 11.2. The second kappa shape index (κ2) is 10.1. The first-order valence-corrected chi connectivity index (χ1v) is 12.0. The molecule has 0 unspecified atom stereocenters. The quantitative estimate of drug-likeness (QED) is 0.441. The van der Waals surface area contributed by atoms with Crippen molar-refractivity contribution >= 4 is 33.2 Å². The van der Waals surface area contributed by atoms with Crippen LogP contribution in [0.2, 0.25) is 5.02 Å². The molecular weight excluding hydrogens is 451 g/mol. The third-order valence-electron chi connectivity index (χ3n) is 5.08. The molecule has 0 aliphatic rings. The second-order valence-corrected chi connectivity index (χ2v) is 9.33. The lowest BCUT2D eigenvalue weighted by Crippen LogP contribution is -2.32. The molecule has 0 N–H and O–H groups in total. The van der Waals surface area contributed by atoms with E-state index in [0.717, 1.165) is 9.87 Å². The third-order valence-corrected chi connectivity index (χ3v) is 7.34. The predicted octanol–water partition coefficient (Wildman–Crippen LogP) is 5.36. The average Bonchev–Trinajstić information content (AvgIpc) is 2.79. The van der Waals surface area contributed by atoms with E-state index < -0.39 is 15.8 Å². The van der Waals surface area contributed by atoms with Gasteiger partial charge in [0.05, 0.1) is 17.3 Å². The van der Waals surface area contributed by atoms with E-state index in [9.17, 15) is 17.6 Å². The predicted molar refractivity (Wildman–Crippen MR) is 125 cm³/mol. The Morgan fingerprint density at radius 1 is 0.938 bits per heavy atom. The Balaban J connectivity index is 2.11. The fourth-order valence-corrected chi connectivity index (χ4v) is 5.27. The van der Waals surface area contributed by atoms with Gasteiger partial charge in [0.15, 0.2) is 0 Å². The fourth-order valence-electron chi connectivity index (χ4n) is 3.32. The van der Waals surface area contributed by atoms with Crippen LogP contribution in [-0.2, 0) is 16.6 Å². The molecule has 3 aromatic rings. The van der Waals surface area contributed by atoms with Crippen LogP contribution in [0.5, 0.6) is 0 Å². The highest BCUT2D eigenvalue weighted by Crippen LogP contribution is 2.31. The van der Waals surface area contributed by atoms with Crippen LogP contribution in [0.25, 0.3) is 0 Å². The van der Waals surface area contributed by atoms with Crippen LogP contribution in [0.4, 0.5) is 10.1 Å². The first-order valence-electron chi connectivity index (χ1n) is 10.2. The van der Waals surface area contributed by atoms with Gasteiger partial charge in [-0.1, -0.05) is 41.9 Å². The summed E-state index contributed by atoms with van der Waals surface area (Å²) >= 11 is 6.30. The first-order chi connectivity index (χ1) is 15.3. The maximum absolute atomic E-state index is 13.7. The van der Waals surface area contributed by atoms with Gasteiger partial charge in [-0.25, -0.2) is 12.8 Å². The van der Waals surface area contributed by atoms with Crippen molar-refractivity contribution in [3.8, 4) is 0 Å². The van der Waals surface area contributed by atoms with Crippen molar-refractivity contribution in [2.45, 2.75) is 25.3 Å². The molecule has 0 saturated carbocycles. The highest BCUT2D eigenvalue weighted by atomic mass is 35.5. The van der Waals surface area contributed by atoms with Crippen molar-refractivity contribution in [1.29, 1.82) is 0 Å². The molecule has 0 aromatic heterocycles. The monoisotopic (exact) mass is 474 g/mol. The molecule has 32 heavy (non-hydrogen) atoms. The summed E-state index contributed by atoms with van der Waals surface area (Å²) in [6.45, 7) is 4.71. The van der Waals surface area contributed by atoms with Crippen LogP contribution in [0.15, 0.2) is 77.7 Å². The summed E-state index contributed by atoms with van der Waals surface area (Å²) in [6.07, 6.45) is 0. The van der Waals surface area contributed by atoms with Gasteiger partial charge in [-0.05, 0) is 61.9 Å². The standard InChI is InChI=1S/C24H24ClFN2O3S/c1-3-27(4-2)24(29)19-10-15-22(25)23(16-19)32(30,31)28(17-18-8-6-5-7-9-18)21-13-11-20(26)12-14-21/h5-16H,3-4,17H2,1-2H3. The average molecular weight is 475 g/mol. The van der Waals surface area contributed by atoms with E-state index in [1.165, 1.54) is 42.5 Å². The number of benzene rings is 3. The Morgan fingerprint density at radius 3 is 2.16 bits per heavy atom. The van der Waals surface area contributed by atoms with Gasteiger partial charge in [-0.15, -0.1) is 0 Å². The number of carbonyl (C=O) groups excluding carboxylic acids is 1. The van der Waals surface area contributed by atoms with Crippen molar-refractivity contribution in [2.24, 2.45) is 0 Å². The van der Waals surface area contributed by atoms with Crippen LogP contribution in [0.1, 0.15) is 29.8 Å². The van der Waals surface area contributed by atoms with Crippen LogP contribution in [0.3, 0.4) is 0 Å². The van der Waals surface area contributed by atoms with E-state index in [1.807, 2.05) is 19.9 Å². The van der Waals surface area contributed by atoms with Gasteiger partial charge in [0.1, 0.15) is 10.7 Å². The lowest BCUT2D eigenvalue weighted by atomic mass is 10.2. The van der Waals surface area contributed by atoms with E-state index in [4.69, 9.17) is 11.6 Å². The van der Waals surface area contributed by atoms with Gasteiger partial charge >= 0.3 is 0 Å². The maximum Gasteiger partial charge on any atom is 0.266 e. The highest BCUT2D eigenvalue weighted by molar-refractivity contribution is 7.93. The molecule has 1 amide bonds. The molecular formula is C24H24ClFN2O3S. The van der Waals surface area contributed by atoms with Gasteiger partial charge in [0, 0.05) is 18.7 Å². The summed E-state index contributed by atoms with van der Waals surface area (Å²) in [4.78, 5) is 14.2. The van der Waals surface area contributed by atoms with E-state index >= 15 is 0 Å². The van der Waals surface area contributed by atoms with Gasteiger partial charge in [0.25, 0.3) is 15.9 Å². The van der Waals surface area contributed by atoms with E-state index in [-0.39, 0.29) is 33.6 Å². The zero-order valence-corrected chi connectivity index (χ0v) is 19.4. The van der Waals surface area contributed by atoms with Crippen LogP contribution in [-0.4, -0.2) is 32.3 Å². The summed E-state index contributed by atoms with van der Waals surface area (Å²) in [5.41, 5.74) is 1.26. The van der Waals surface area contributed by atoms with Crippen molar-refractivity contribution in [1.82, 2.24) is 4.90 Å². The van der Waals surface area contributed by atoms with E-state index in [0.29, 0.717) is 13.1 Å². The molecule has 5 nitrogen and oxygen atoms in total. The molecule has 0 saturated heterocycles. The van der Waals surface area contributed by atoms with Crippen molar-refractivity contribution in [2.75, 3.05) is 17.4 Å². The van der Waals surface area contributed by atoms with Crippen molar-refractivity contribution in [3.63, 3.8) is 0 Å². The van der Waals surface area contributed by atoms with E-state index in [1.54, 1.807) is 29.2 Å². The zero-order valence-electron chi connectivity index (χ0n) is 17.8. The highest BCUT2D eigenvalue weighted by Gasteiger charge is 2.29. The molecule has 0 fully saturated rings. The lowest BCUT2D eigenvalue weighted by molar-refractivity contribution is 0.0772. The molecule has 0 heterocycles. The molecule has 0 aliphatic carbocycles. The fraction of sp³-hybridized carbons (Fsp3) is 0.208. The van der Waals surface area contributed by atoms with Crippen LogP contribution >= 0.6 is 11.6 Å². The van der Waals surface area contributed by atoms with Crippen LogP contribution < -0.4 is 4.31 Å².